The van der Waals surface area contributed by atoms with Crippen molar-refractivity contribution in [3.63, 3.8) is 0 Å². The quantitative estimate of drug-likeness (QED) is 0.579. The third-order valence-corrected chi connectivity index (χ3v) is 6.83. The van der Waals surface area contributed by atoms with E-state index < -0.39 is 21.8 Å². The molecule has 4 rings (SSSR count). The number of hydrogen-bond acceptors (Lipinski definition) is 4. The van der Waals surface area contributed by atoms with Crippen molar-refractivity contribution in [3.8, 4) is 0 Å². The van der Waals surface area contributed by atoms with Gasteiger partial charge in [0.2, 0.25) is 0 Å². The molecule has 0 radical (unpaired) electrons. The number of nitrogens with one attached hydrogen (secondary N) is 1. The molecule has 1 aliphatic heterocycles. The van der Waals surface area contributed by atoms with Gasteiger partial charge in [-0.3, -0.25) is 0 Å². The summed E-state index contributed by atoms with van der Waals surface area (Å²) in [6.07, 6.45) is -3.06. The van der Waals surface area contributed by atoms with E-state index in [9.17, 15) is 21.6 Å². The molecule has 170 valence electrons. The molecular weight excluding hydrogens is 474 g/mol. The van der Waals surface area contributed by atoms with Crippen molar-refractivity contribution in [2.75, 3.05) is 24.5 Å². The molecule has 0 saturated carbocycles. The largest absolute Gasteiger partial charge is 0.416 e. The fraction of sp³-hybridized carbons (Fsp3) is 0.300. The van der Waals surface area contributed by atoms with Crippen LogP contribution in [0.1, 0.15) is 12.5 Å². The van der Waals surface area contributed by atoms with Gasteiger partial charge >= 0.3 is 6.18 Å². The molecule has 0 spiro atoms. The Labute approximate surface area is 191 Å². The Hall–Kier alpha value is -1.94. The molecule has 2 aromatic carbocycles. The SMILES string of the molecule is CC1CN(c2cccc3c2ccn3S(=O)(=O)c2ccc(C(F)(F)F)cc2)CCN1.Cl.Cl. The number of aromatic nitrogens is 1. The van der Waals surface area contributed by atoms with Crippen molar-refractivity contribution in [3.05, 3.63) is 60.3 Å². The standard InChI is InChI=1S/C20H20F3N3O2S.2ClH/c1-14-13-25(12-10-24-14)18-3-2-4-19-17(18)9-11-26(19)29(27,28)16-7-5-15(6-8-16)20(21,22)23;;/h2-9,11,14,24H,10,12-13H2,1H3;2*1H. The molecule has 1 aromatic heterocycles. The highest BCUT2D eigenvalue weighted by molar-refractivity contribution is 7.90. The average Bonchev–Trinajstić information content (AvgIpc) is 3.12. The number of piperazine rings is 1. The van der Waals surface area contributed by atoms with Crippen molar-refractivity contribution in [1.29, 1.82) is 0 Å². The van der Waals surface area contributed by atoms with Gasteiger partial charge in [-0.2, -0.15) is 13.2 Å². The molecule has 1 N–H and O–H groups in total. The minimum atomic E-state index is -4.52. The van der Waals surface area contributed by atoms with Gasteiger partial charge in [0.1, 0.15) is 0 Å². The fourth-order valence-electron chi connectivity index (χ4n) is 3.69. The average molecular weight is 496 g/mol. The summed E-state index contributed by atoms with van der Waals surface area (Å²) in [6, 6.07) is 11.1. The Morgan fingerprint density at radius 2 is 1.71 bits per heavy atom. The summed E-state index contributed by atoms with van der Waals surface area (Å²) in [5.41, 5.74) is 0.551. The molecule has 31 heavy (non-hydrogen) atoms. The molecule has 1 aliphatic rings. The number of benzene rings is 2. The van der Waals surface area contributed by atoms with Gasteiger partial charge in [0, 0.05) is 42.9 Å². The Bertz CT molecular complexity index is 1150. The van der Waals surface area contributed by atoms with E-state index in [0.717, 1.165) is 58.9 Å². The summed E-state index contributed by atoms with van der Waals surface area (Å²) >= 11 is 0. The van der Waals surface area contributed by atoms with Gasteiger partial charge in [0.05, 0.1) is 16.0 Å². The lowest BCUT2D eigenvalue weighted by Crippen LogP contribution is -2.49. The first-order valence-corrected chi connectivity index (χ1v) is 10.6. The molecule has 1 fully saturated rings. The van der Waals surface area contributed by atoms with E-state index in [-0.39, 0.29) is 29.7 Å². The van der Waals surface area contributed by atoms with Gasteiger partial charge in [0.25, 0.3) is 10.0 Å². The second-order valence-electron chi connectivity index (χ2n) is 7.15. The molecule has 1 unspecified atom stereocenters. The summed E-state index contributed by atoms with van der Waals surface area (Å²) in [7, 11) is -4.02. The first-order valence-electron chi connectivity index (χ1n) is 9.19. The monoisotopic (exact) mass is 495 g/mol. The lowest BCUT2D eigenvalue weighted by Gasteiger charge is -2.34. The number of hydrogen-bond donors (Lipinski definition) is 1. The predicted octanol–water partition coefficient (Wildman–Crippen LogP) is 4.54. The summed E-state index contributed by atoms with van der Waals surface area (Å²) in [6.45, 7) is 4.53. The minimum absolute atomic E-state index is 0. The second-order valence-corrected chi connectivity index (χ2v) is 8.96. The Morgan fingerprint density at radius 1 is 1.03 bits per heavy atom. The van der Waals surface area contributed by atoms with Crippen molar-refractivity contribution in [2.45, 2.75) is 24.0 Å². The zero-order valence-electron chi connectivity index (χ0n) is 16.5. The first-order chi connectivity index (χ1) is 13.7. The number of halogens is 5. The Kier molecular flexibility index (Phi) is 7.58. The van der Waals surface area contributed by atoms with E-state index in [1.165, 1.54) is 6.20 Å². The van der Waals surface area contributed by atoms with Gasteiger partial charge in [-0.25, -0.2) is 12.4 Å². The van der Waals surface area contributed by atoms with E-state index in [1.807, 2.05) is 6.07 Å². The van der Waals surface area contributed by atoms with Crippen molar-refractivity contribution >= 4 is 51.4 Å². The van der Waals surface area contributed by atoms with Gasteiger partial charge in [-0.15, -0.1) is 24.8 Å². The zero-order chi connectivity index (χ0) is 20.8. The number of anilines is 1. The van der Waals surface area contributed by atoms with E-state index in [2.05, 4.69) is 17.1 Å². The van der Waals surface area contributed by atoms with Gasteiger partial charge in [-0.05, 0) is 49.4 Å². The third kappa shape index (κ3) is 4.79. The normalized spacial score (nSPS) is 17.2. The van der Waals surface area contributed by atoms with Crippen LogP contribution in [0.2, 0.25) is 0 Å². The first kappa shape index (κ1) is 25.3. The number of fused-ring (bicyclic) bond motifs is 1. The summed E-state index contributed by atoms with van der Waals surface area (Å²) < 4.78 is 65.6. The summed E-state index contributed by atoms with van der Waals surface area (Å²) in [5.74, 6) is 0. The maximum absolute atomic E-state index is 13.1. The van der Waals surface area contributed by atoms with E-state index >= 15 is 0 Å². The molecule has 2 heterocycles. The smallest absolute Gasteiger partial charge is 0.368 e. The molecule has 1 saturated heterocycles. The molecule has 3 aromatic rings. The topological polar surface area (TPSA) is 54.3 Å². The lowest BCUT2D eigenvalue weighted by molar-refractivity contribution is -0.137. The lowest BCUT2D eigenvalue weighted by atomic mass is 10.1. The van der Waals surface area contributed by atoms with Crippen LogP contribution >= 0.6 is 24.8 Å². The van der Waals surface area contributed by atoms with Crippen LogP contribution < -0.4 is 10.2 Å². The molecule has 11 heteroatoms. The van der Waals surface area contributed by atoms with Crippen LogP contribution in [-0.2, 0) is 16.2 Å². The third-order valence-electron chi connectivity index (χ3n) is 5.12. The van der Waals surface area contributed by atoms with Crippen molar-refractivity contribution < 1.29 is 21.6 Å². The molecular formula is C20H22Cl2F3N3O2S. The van der Waals surface area contributed by atoms with Gasteiger partial charge in [0.15, 0.2) is 0 Å². The predicted molar refractivity (Wildman–Crippen MR) is 120 cm³/mol. The van der Waals surface area contributed by atoms with Crippen LogP contribution in [0.15, 0.2) is 59.6 Å². The van der Waals surface area contributed by atoms with Crippen molar-refractivity contribution in [1.82, 2.24) is 9.29 Å². The van der Waals surface area contributed by atoms with E-state index in [1.54, 1.807) is 18.2 Å². The summed E-state index contributed by atoms with van der Waals surface area (Å²) in [5, 5.41) is 4.16. The highest BCUT2D eigenvalue weighted by atomic mass is 35.5. The molecule has 5 nitrogen and oxygen atoms in total. The number of rotatable bonds is 3. The van der Waals surface area contributed by atoms with E-state index in [0.29, 0.717) is 11.6 Å². The Morgan fingerprint density at radius 3 is 2.32 bits per heavy atom. The Balaban J connectivity index is 0.00000171. The molecule has 0 amide bonds. The van der Waals surface area contributed by atoms with Crippen LogP contribution in [0.5, 0.6) is 0 Å². The minimum Gasteiger partial charge on any atom is -0.368 e. The van der Waals surface area contributed by atoms with Crippen LogP contribution in [0.25, 0.3) is 10.9 Å². The van der Waals surface area contributed by atoms with Crippen LogP contribution in [-0.4, -0.2) is 38.1 Å². The molecule has 0 bridgehead atoms. The van der Waals surface area contributed by atoms with Crippen LogP contribution in [0, 0.1) is 0 Å². The van der Waals surface area contributed by atoms with E-state index in [4.69, 9.17) is 0 Å². The summed E-state index contributed by atoms with van der Waals surface area (Å²) in [4.78, 5) is 2.02. The molecule has 1 atom stereocenters. The fourth-order valence-corrected chi connectivity index (χ4v) is 5.04. The highest BCUT2D eigenvalue weighted by Gasteiger charge is 2.31. The zero-order valence-corrected chi connectivity index (χ0v) is 18.9. The highest BCUT2D eigenvalue weighted by Crippen LogP contribution is 2.32. The second kappa shape index (κ2) is 9.28. The maximum Gasteiger partial charge on any atom is 0.416 e. The molecule has 0 aliphatic carbocycles. The number of nitrogens with zero attached hydrogens (tertiary/aromatic N) is 2. The van der Waals surface area contributed by atoms with Crippen molar-refractivity contribution in [2.24, 2.45) is 0 Å². The van der Waals surface area contributed by atoms with Gasteiger partial charge < -0.3 is 10.2 Å². The van der Waals surface area contributed by atoms with Gasteiger partial charge in [-0.1, -0.05) is 6.07 Å². The number of alkyl halides is 3. The maximum atomic E-state index is 13.1. The van der Waals surface area contributed by atoms with Crippen LogP contribution in [0.3, 0.4) is 0 Å². The van der Waals surface area contributed by atoms with Crippen LogP contribution in [0.4, 0.5) is 18.9 Å².